The third-order valence-corrected chi connectivity index (χ3v) is 4.49. The summed E-state index contributed by atoms with van der Waals surface area (Å²) in [6, 6.07) is 1.77. The minimum Gasteiger partial charge on any atom is -0.472 e. The second kappa shape index (κ2) is 6.87. The standard InChI is InChI=1S/C16H23N3O2/c20-16(13-5-2-1-3-6-13)19-10-4-7-14(11-19)21-15-8-9-17-12-18-15/h8-9,12-14H,1-7,10-11H2/t14-/m1/s1. The molecule has 5 heteroatoms. The molecular weight excluding hydrogens is 266 g/mol. The van der Waals surface area contributed by atoms with Crippen molar-refractivity contribution in [3.8, 4) is 5.88 Å². The number of ether oxygens (including phenoxy) is 1. The first-order valence-electron chi connectivity index (χ1n) is 8.04. The second-order valence-corrected chi connectivity index (χ2v) is 6.05. The van der Waals surface area contributed by atoms with Gasteiger partial charge in [0.25, 0.3) is 0 Å². The Morgan fingerprint density at radius 2 is 2.05 bits per heavy atom. The van der Waals surface area contributed by atoms with E-state index in [1.165, 1.54) is 25.6 Å². The Morgan fingerprint density at radius 3 is 2.81 bits per heavy atom. The second-order valence-electron chi connectivity index (χ2n) is 6.05. The lowest BCUT2D eigenvalue weighted by atomic mass is 9.88. The van der Waals surface area contributed by atoms with Gasteiger partial charge in [-0.2, -0.15) is 0 Å². The predicted octanol–water partition coefficient (Wildman–Crippen LogP) is 2.43. The van der Waals surface area contributed by atoms with Crippen molar-refractivity contribution in [2.75, 3.05) is 13.1 Å². The van der Waals surface area contributed by atoms with Gasteiger partial charge in [0.2, 0.25) is 11.8 Å². The van der Waals surface area contributed by atoms with Gasteiger partial charge in [0.15, 0.2) is 0 Å². The smallest absolute Gasteiger partial charge is 0.225 e. The quantitative estimate of drug-likeness (QED) is 0.857. The van der Waals surface area contributed by atoms with E-state index in [0.717, 1.165) is 32.2 Å². The molecule has 1 aromatic rings. The van der Waals surface area contributed by atoms with Crippen LogP contribution in [0.2, 0.25) is 0 Å². The number of carbonyl (C=O) groups excluding carboxylic acids is 1. The van der Waals surface area contributed by atoms with E-state index < -0.39 is 0 Å². The highest BCUT2D eigenvalue weighted by Gasteiger charge is 2.30. The Morgan fingerprint density at radius 1 is 1.19 bits per heavy atom. The minimum atomic E-state index is 0.0567. The topological polar surface area (TPSA) is 55.3 Å². The van der Waals surface area contributed by atoms with Crippen LogP contribution >= 0.6 is 0 Å². The van der Waals surface area contributed by atoms with Crippen LogP contribution in [-0.4, -0.2) is 40.0 Å². The summed E-state index contributed by atoms with van der Waals surface area (Å²) >= 11 is 0. The zero-order valence-corrected chi connectivity index (χ0v) is 12.4. The fraction of sp³-hybridized carbons (Fsp3) is 0.688. The number of carbonyl (C=O) groups is 1. The van der Waals surface area contributed by atoms with E-state index in [9.17, 15) is 4.79 Å². The van der Waals surface area contributed by atoms with E-state index in [1.54, 1.807) is 12.3 Å². The molecule has 1 aromatic heterocycles. The molecule has 21 heavy (non-hydrogen) atoms. The summed E-state index contributed by atoms with van der Waals surface area (Å²) in [5.41, 5.74) is 0. The van der Waals surface area contributed by atoms with Crippen molar-refractivity contribution in [2.45, 2.75) is 51.0 Å². The Hall–Kier alpha value is -1.65. The van der Waals surface area contributed by atoms with Crippen LogP contribution in [0.5, 0.6) is 5.88 Å². The summed E-state index contributed by atoms with van der Waals surface area (Å²) in [4.78, 5) is 22.6. The van der Waals surface area contributed by atoms with E-state index in [4.69, 9.17) is 4.74 Å². The van der Waals surface area contributed by atoms with E-state index in [-0.39, 0.29) is 12.0 Å². The fourth-order valence-electron chi connectivity index (χ4n) is 3.36. The molecule has 5 nitrogen and oxygen atoms in total. The fourth-order valence-corrected chi connectivity index (χ4v) is 3.36. The summed E-state index contributed by atoms with van der Waals surface area (Å²) in [6.07, 6.45) is 11.0. The number of hydrogen-bond acceptors (Lipinski definition) is 4. The number of aromatic nitrogens is 2. The summed E-state index contributed by atoms with van der Waals surface area (Å²) in [7, 11) is 0. The van der Waals surface area contributed by atoms with Crippen LogP contribution in [0, 0.1) is 5.92 Å². The molecule has 0 radical (unpaired) electrons. The van der Waals surface area contributed by atoms with Crippen molar-refractivity contribution < 1.29 is 9.53 Å². The van der Waals surface area contributed by atoms with E-state index >= 15 is 0 Å². The average molecular weight is 289 g/mol. The van der Waals surface area contributed by atoms with Gasteiger partial charge in [-0.05, 0) is 25.7 Å². The Bertz CT molecular complexity index is 460. The Labute approximate surface area is 125 Å². The molecule has 114 valence electrons. The first-order valence-corrected chi connectivity index (χ1v) is 8.04. The summed E-state index contributed by atoms with van der Waals surface area (Å²) < 4.78 is 5.88. The first kappa shape index (κ1) is 14.3. The molecule has 1 aliphatic carbocycles. The Kier molecular flexibility index (Phi) is 4.68. The average Bonchev–Trinajstić information content (AvgIpc) is 2.56. The molecule has 0 N–H and O–H groups in total. The van der Waals surface area contributed by atoms with Crippen molar-refractivity contribution in [2.24, 2.45) is 5.92 Å². The van der Waals surface area contributed by atoms with Crippen LogP contribution in [0.25, 0.3) is 0 Å². The lowest BCUT2D eigenvalue weighted by molar-refractivity contribution is -0.139. The highest BCUT2D eigenvalue weighted by Crippen LogP contribution is 2.27. The lowest BCUT2D eigenvalue weighted by Crippen LogP contribution is -2.47. The molecule has 1 amide bonds. The SMILES string of the molecule is O=C(C1CCCCC1)N1CCC[C@@H](Oc2ccncn2)C1. The van der Waals surface area contributed by atoms with E-state index in [2.05, 4.69) is 9.97 Å². The molecule has 2 heterocycles. The van der Waals surface area contributed by atoms with Gasteiger partial charge < -0.3 is 9.64 Å². The largest absolute Gasteiger partial charge is 0.472 e. The molecular formula is C16H23N3O2. The van der Waals surface area contributed by atoms with Crippen molar-refractivity contribution in [3.05, 3.63) is 18.6 Å². The number of amides is 1. The maximum Gasteiger partial charge on any atom is 0.225 e. The molecule has 3 rings (SSSR count). The lowest BCUT2D eigenvalue weighted by Gasteiger charge is -2.35. The van der Waals surface area contributed by atoms with Gasteiger partial charge in [0, 0.05) is 24.7 Å². The van der Waals surface area contributed by atoms with Crippen LogP contribution in [0.4, 0.5) is 0 Å². The number of rotatable bonds is 3. The van der Waals surface area contributed by atoms with Gasteiger partial charge in [-0.25, -0.2) is 9.97 Å². The molecule has 0 unspecified atom stereocenters. The molecule has 1 saturated heterocycles. The molecule has 1 atom stereocenters. The third kappa shape index (κ3) is 3.71. The van der Waals surface area contributed by atoms with Crippen LogP contribution < -0.4 is 4.74 Å². The number of nitrogens with zero attached hydrogens (tertiary/aromatic N) is 3. The van der Waals surface area contributed by atoms with Crippen LogP contribution in [0.15, 0.2) is 18.6 Å². The number of piperidine rings is 1. The number of hydrogen-bond donors (Lipinski definition) is 0. The zero-order chi connectivity index (χ0) is 14.5. The normalized spacial score (nSPS) is 23.8. The zero-order valence-electron chi connectivity index (χ0n) is 12.4. The van der Waals surface area contributed by atoms with E-state index in [1.807, 2.05) is 4.90 Å². The first-order chi connectivity index (χ1) is 10.3. The molecule has 1 aliphatic heterocycles. The molecule has 0 bridgehead atoms. The van der Waals surface area contributed by atoms with Crippen molar-refractivity contribution >= 4 is 5.91 Å². The highest BCUT2D eigenvalue weighted by molar-refractivity contribution is 5.79. The molecule has 0 aromatic carbocycles. The predicted molar refractivity (Wildman–Crippen MR) is 78.8 cm³/mol. The van der Waals surface area contributed by atoms with Gasteiger partial charge in [0.1, 0.15) is 12.4 Å². The Balaban J connectivity index is 1.56. The van der Waals surface area contributed by atoms with Gasteiger partial charge in [-0.15, -0.1) is 0 Å². The summed E-state index contributed by atoms with van der Waals surface area (Å²) in [5, 5.41) is 0. The molecule has 1 saturated carbocycles. The number of likely N-dealkylation sites (tertiary alicyclic amines) is 1. The summed E-state index contributed by atoms with van der Waals surface area (Å²) in [5.74, 6) is 1.18. The minimum absolute atomic E-state index is 0.0567. The molecule has 2 fully saturated rings. The molecule has 0 spiro atoms. The summed E-state index contributed by atoms with van der Waals surface area (Å²) in [6.45, 7) is 1.57. The van der Waals surface area contributed by atoms with Crippen LogP contribution in [0.3, 0.4) is 0 Å². The van der Waals surface area contributed by atoms with Crippen LogP contribution in [-0.2, 0) is 4.79 Å². The van der Waals surface area contributed by atoms with Crippen molar-refractivity contribution in [3.63, 3.8) is 0 Å². The maximum atomic E-state index is 12.6. The van der Waals surface area contributed by atoms with Crippen LogP contribution in [0.1, 0.15) is 44.9 Å². The third-order valence-electron chi connectivity index (χ3n) is 4.49. The van der Waals surface area contributed by atoms with E-state index in [0.29, 0.717) is 18.3 Å². The van der Waals surface area contributed by atoms with Crippen molar-refractivity contribution in [1.82, 2.24) is 14.9 Å². The maximum absolute atomic E-state index is 12.6. The van der Waals surface area contributed by atoms with Gasteiger partial charge in [0.05, 0.1) is 6.54 Å². The van der Waals surface area contributed by atoms with Gasteiger partial charge in [-0.3, -0.25) is 4.79 Å². The van der Waals surface area contributed by atoms with Crippen molar-refractivity contribution in [1.29, 1.82) is 0 Å². The molecule has 2 aliphatic rings. The van der Waals surface area contributed by atoms with Gasteiger partial charge in [-0.1, -0.05) is 19.3 Å². The van der Waals surface area contributed by atoms with Gasteiger partial charge >= 0.3 is 0 Å². The highest BCUT2D eigenvalue weighted by atomic mass is 16.5. The monoisotopic (exact) mass is 289 g/mol.